The minimum Gasteiger partial charge on any atom is -0.444 e. The van der Waals surface area contributed by atoms with E-state index >= 15 is 0 Å². The SMILES string of the molecule is CCCCCCCN(C(=O)C(NC(=O)OC(C)(C)C)C(C)CC)C(C(=O)Nc1ccc2ccccc2c1)c1c(C)cccc1C. The van der Waals surface area contributed by atoms with Crippen LogP contribution in [0.15, 0.2) is 60.7 Å². The number of nitrogens with one attached hydrogen (secondary N) is 2. The third-order valence-corrected chi connectivity index (χ3v) is 8.33. The molecule has 0 spiro atoms. The van der Waals surface area contributed by atoms with Crippen molar-refractivity contribution >= 4 is 34.4 Å². The summed E-state index contributed by atoms with van der Waals surface area (Å²) in [5.74, 6) is -0.758. The Hall–Kier alpha value is -3.87. The third kappa shape index (κ3) is 10.1. The lowest BCUT2D eigenvalue weighted by Crippen LogP contribution is -2.55. The van der Waals surface area contributed by atoms with E-state index in [0.717, 1.165) is 59.6 Å². The van der Waals surface area contributed by atoms with Crippen LogP contribution in [-0.4, -0.2) is 41.0 Å². The van der Waals surface area contributed by atoms with Crippen molar-refractivity contribution < 1.29 is 19.1 Å². The normalized spacial score (nSPS) is 13.5. The fourth-order valence-corrected chi connectivity index (χ4v) is 5.71. The van der Waals surface area contributed by atoms with Crippen LogP contribution < -0.4 is 10.6 Å². The van der Waals surface area contributed by atoms with E-state index in [1.54, 1.807) is 25.7 Å². The largest absolute Gasteiger partial charge is 0.444 e. The molecule has 2 N–H and O–H groups in total. The Bertz CT molecular complexity index is 1420. The molecule has 0 heterocycles. The van der Waals surface area contributed by atoms with Crippen molar-refractivity contribution in [2.24, 2.45) is 5.92 Å². The van der Waals surface area contributed by atoms with Crippen LogP contribution in [0.2, 0.25) is 0 Å². The van der Waals surface area contributed by atoms with Gasteiger partial charge < -0.3 is 20.3 Å². The first-order valence-electron chi connectivity index (χ1n) is 16.5. The van der Waals surface area contributed by atoms with Gasteiger partial charge in [0, 0.05) is 12.2 Å². The summed E-state index contributed by atoms with van der Waals surface area (Å²) in [7, 11) is 0. The molecule has 3 amide bonds. The molecule has 0 aliphatic carbocycles. The molecule has 7 heteroatoms. The molecule has 3 aromatic carbocycles. The van der Waals surface area contributed by atoms with E-state index < -0.39 is 23.8 Å². The zero-order valence-corrected chi connectivity index (χ0v) is 28.5. The number of amides is 3. The number of benzene rings is 3. The molecule has 3 rings (SSSR count). The molecule has 0 bridgehead atoms. The fourth-order valence-electron chi connectivity index (χ4n) is 5.71. The molecule has 3 atom stereocenters. The molecule has 0 aliphatic heterocycles. The van der Waals surface area contributed by atoms with Crippen LogP contribution in [0.4, 0.5) is 10.5 Å². The first-order chi connectivity index (χ1) is 21.4. The van der Waals surface area contributed by atoms with E-state index in [1.807, 2.05) is 88.4 Å². The number of carbonyl (C=O) groups is 3. The van der Waals surface area contributed by atoms with E-state index in [1.165, 1.54) is 0 Å². The number of hydrogen-bond donors (Lipinski definition) is 2. The average Bonchev–Trinajstić information content (AvgIpc) is 2.98. The predicted octanol–water partition coefficient (Wildman–Crippen LogP) is 8.87. The summed E-state index contributed by atoms with van der Waals surface area (Å²) < 4.78 is 5.56. The molecule has 7 nitrogen and oxygen atoms in total. The van der Waals surface area contributed by atoms with Gasteiger partial charge in [0.05, 0.1) is 0 Å². The molecule has 3 aromatic rings. The van der Waals surface area contributed by atoms with Crippen LogP contribution >= 0.6 is 0 Å². The van der Waals surface area contributed by atoms with Crippen LogP contribution in [0.3, 0.4) is 0 Å². The van der Waals surface area contributed by atoms with E-state index in [9.17, 15) is 14.4 Å². The first kappa shape index (κ1) is 35.6. The minimum absolute atomic E-state index is 0.185. The minimum atomic E-state index is -0.900. The van der Waals surface area contributed by atoms with E-state index in [2.05, 4.69) is 17.6 Å². The van der Waals surface area contributed by atoms with Gasteiger partial charge in [0.15, 0.2) is 0 Å². The quantitative estimate of drug-likeness (QED) is 0.177. The summed E-state index contributed by atoms with van der Waals surface area (Å²) in [6.07, 6.45) is 4.99. The molecule has 0 radical (unpaired) electrons. The number of nitrogens with zero attached hydrogens (tertiary/aromatic N) is 1. The first-order valence-corrected chi connectivity index (χ1v) is 16.5. The average molecular weight is 616 g/mol. The van der Waals surface area contributed by atoms with Crippen LogP contribution in [0.1, 0.15) is 103 Å². The van der Waals surface area contributed by atoms with Crippen molar-refractivity contribution in [1.82, 2.24) is 10.2 Å². The molecule has 0 saturated carbocycles. The van der Waals surface area contributed by atoms with Crippen molar-refractivity contribution in [3.63, 3.8) is 0 Å². The molecule has 0 fully saturated rings. The van der Waals surface area contributed by atoms with Gasteiger partial charge in [-0.1, -0.05) is 101 Å². The number of ether oxygens (including phenoxy) is 1. The highest BCUT2D eigenvalue weighted by molar-refractivity contribution is 6.00. The summed E-state index contributed by atoms with van der Waals surface area (Å²) in [4.78, 5) is 43.9. The summed E-state index contributed by atoms with van der Waals surface area (Å²) >= 11 is 0. The van der Waals surface area contributed by atoms with Gasteiger partial charge in [-0.2, -0.15) is 0 Å². The molecule has 0 aromatic heterocycles. The van der Waals surface area contributed by atoms with Crippen molar-refractivity contribution in [1.29, 1.82) is 0 Å². The van der Waals surface area contributed by atoms with Crippen molar-refractivity contribution in [2.45, 2.75) is 112 Å². The molecular formula is C38H53N3O4. The van der Waals surface area contributed by atoms with Gasteiger partial charge >= 0.3 is 6.09 Å². The third-order valence-electron chi connectivity index (χ3n) is 8.33. The Morgan fingerprint density at radius 3 is 2.11 bits per heavy atom. The maximum Gasteiger partial charge on any atom is 0.408 e. The van der Waals surface area contributed by atoms with Crippen molar-refractivity contribution in [3.05, 3.63) is 77.4 Å². The highest BCUT2D eigenvalue weighted by Gasteiger charge is 2.39. The number of anilines is 1. The molecule has 0 aliphatic rings. The monoisotopic (exact) mass is 615 g/mol. The standard InChI is InChI=1S/C38H53N3O4/c1-9-11-12-13-16-24-41(36(43)33(26(3)10-2)40-37(44)45-38(6,7)8)34(32-27(4)18-17-19-28(32)5)35(42)39-31-23-22-29-20-14-15-21-30(29)25-31/h14-15,17-23,25-26,33-34H,9-13,16,24H2,1-8H3,(H,39,42)(H,40,44). The Morgan fingerprint density at radius 2 is 1.49 bits per heavy atom. The van der Waals surface area contributed by atoms with Gasteiger partial charge in [0.25, 0.3) is 5.91 Å². The van der Waals surface area contributed by atoms with Gasteiger partial charge in [0.2, 0.25) is 5.91 Å². The van der Waals surface area contributed by atoms with E-state index in [4.69, 9.17) is 4.74 Å². The zero-order valence-electron chi connectivity index (χ0n) is 28.5. The van der Waals surface area contributed by atoms with Crippen molar-refractivity contribution in [3.8, 4) is 0 Å². The van der Waals surface area contributed by atoms with Crippen molar-refractivity contribution in [2.75, 3.05) is 11.9 Å². The Kier molecular flexibility index (Phi) is 13.0. The van der Waals surface area contributed by atoms with E-state index in [0.29, 0.717) is 18.7 Å². The van der Waals surface area contributed by atoms with Crippen LogP contribution in [0.25, 0.3) is 10.8 Å². The maximum absolute atomic E-state index is 14.7. The van der Waals surface area contributed by atoms with Gasteiger partial charge in [-0.05, 0) is 86.6 Å². The number of rotatable bonds is 14. The van der Waals surface area contributed by atoms with Crippen LogP contribution in [-0.2, 0) is 14.3 Å². The number of hydrogen-bond acceptors (Lipinski definition) is 4. The smallest absolute Gasteiger partial charge is 0.408 e. The second-order valence-corrected chi connectivity index (χ2v) is 13.2. The Balaban J connectivity index is 2.09. The summed E-state index contributed by atoms with van der Waals surface area (Å²) in [5, 5.41) is 8.11. The lowest BCUT2D eigenvalue weighted by atomic mass is 9.91. The number of unbranched alkanes of at least 4 members (excludes halogenated alkanes) is 4. The number of fused-ring (bicyclic) bond motifs is 1. The number of aryl methyl sites for hydroxylation is 2. The summed E-state index contributed by atoms with van der Waals surface area (Å²) in [5.41, 5.74) is 2.61. The second-order valence-electron chi connectivity index (χ2n) is 13.2. The lowest BCUT2D eigenvalue weighted by molar-refractivity contribution is -0.142. The molecule has 0 saturated heterocycles. The fraction of sp³-hybridized carbons (Fsp3) is 0.500. The second kappa shape index (κ2) is 16.4. The Morgan fingerprint density at radius 1 is 0.844 bits per heavy atom. The lowest BCUT2D eigenvalue weighted by Gasteiger charge is -2.37. The van der Waals surface area contributed by atoms with Crippen LogP contribution in [0.5, 0.6) is 0 Å². The molecule has 45 heavy (non-hydrogen) atoms. The zero-order chi connectivity index (χ0) is 33.1. The topological polar surface area (TPSA) is 87.7 Å². The molecular weight excluding hydrogens is 562 g/mol. The van der Waals surface area contributed by atoms with Crippen LogP contribution in [0, 0.1) is 19.8 Å². The maximum atomic E-state index is 14.7. The van der Waals surface area contributed by atoms with Gasteiger partial charge in [-0.3, -0.25) is 9.59 Å². The Labute approximate surface area is 270 Å². The number of alkyl carbamates (subject to hydrolysis) is 1. The van der Waals surface area contributed by atoms with Gasteiger partial charge in [-0.25, -0.2) is 4.79 Å². The molecule has 3 unspecified atom stereocenters. The van der Waals surface area contributed by atoms with Gasteiger partial charge in [-0.15, -0.1) is 0 Å². The van der Waals surface area contributed by atoms with Gasteiger partial charge in [0.1, 0.15) is 17.7 Å². The van der Waals surface area contributed by atoms with E-state index in [-0.39, 0.29) is 17.7 Å². The summed E-state index contributed by atoms with van der Waals surface area (Å²) in [6, 6.07) is 18.0. The highest BCUT2D eigenvalue weighted by Crippen LogP contribution is 2.31. The number of carbonyl (C=O) groups excluding carboxylic acids is 3. The summed E-state index contributed by atoms with van der Waals surface area (Å²) in [6.45, 7) is 15.8. The molecule has 244 valence electrons. The highest BCUT2D eigenvalue weighted by atomic mass is 16.6. The predicted molar refractivity (Wildman–Crippen MR) is 184 cm³/mol.